The van der Waals surface area contributed by atoms with Gasteiger partial charge in [-0.3, -0.25) is 0 Å². The van der Waals surface area contributed by atoms with Gasteiger partial charge >= 0.3 is 12.3 Å². The summed E-state index contributed by atoms with van der Waals surface area (Å²) in [7, 11) is 0. The molecule has 0 heterocycles. The molecule has 0 radical (unpaired) electrons. The van der Waals surface area contributed by atoms with E-state index in [9.17, 15) is 9.59 Å². The largest absolute Gasteiger partial charge is 0.508 e. The predicted molar refractivity (Wildman–Crippen MR) is 272 cm³/mol. The molecule has 6 saturated carbocycles. The van der Waals surface area contributed by atoms with Gasteiger partial charge in [0, 0.05) is 12.8 Å². The maximum Gasteiger partial charge on any atom is 0.508 e. The van der Waals surface area contributed by atoms with Crippen LogP contribution in [0.15, 0.2) is 23.3 Å². The number of allylic oxidation sites excluding steroid dienone is 2. The van der Waals surface area contributed by atoms with Crippen molar-refractivity contribution in [3.05, 3.63) is 23.3 Å². The number of hydrogen-bond donors (Lipinski definition) is 0. The third kappa shape index (κ3) is 10.4. The van der Waals surface area contributed by atoms with E-state index >= 15 is 0 Å². The van der Waals surface area contributed by atoms with Crippen molar-refractivity contribution < 1.29 is 28.5 Å². The van der Waals surface area contributed by atoms with E-state index in [4.69, 9.17) is 18.9 Å². The second-order valence-electron chi connectivity index (χ2n) is 25.7. The summed E-state index contributed by atoms with van der Waals surface area (Å²) < 4.78 is 22.7. The van der Waals surface area contributed by atoms with E-state index in [1.807, 2.05) is 0 Å². The van der Waals surface area contributed by atoms with Crippen LogP contribution in [0.1, 0.15) is 225 Å². The van der Waals surface area contributed by atoms with Gasteiger partial charge in [-0.1, -0.05) is 146 Å². The van der Waals surface area contributed by atoms with E-state index in [2.05, 4.69) is 81.4 Å². The Balaban J connectivity index is 0.00000360. The van der Waals surface area contributed by atoms with Crippen LogP contribution in [0.4, 0.5) is 9.59 Å². The minimum Gasteiger partial charge on any atom is -0.431 e. The van der Waals surface area contributed by atoms with Gasteiger partial charge in [-0.15, -0.1) is 0 Å². The topological polar surface area (TPSA) is 71.1 Å². The van der Waals surface area contributed by atoms with Gasteiger partial charge in [-0.2, -0.15) is 0 Å². The van der Waals surface area contributed by atoms with Crippen LogP contribution in [0, 0.1) is 92.7 Å². The summed E-state index contributed by atoms with van der Waals surface area (Å²) in [6, 6.07) is 0. The molecule has 16 unspecified atom stereocenters. The van der Waals surface area contributed by atoms with Gasteiger partial charge in [0.1, 0.15) is 25.4 Å². The van der Waals surface area contributed by atoms with Crippen molar-refractivity contribution >= 4 is 12.3 Å². The van der Waals surface area contributed by atoms with Crippen molar-refractivity contribution in [2.24, 2.45) is 92.7 Å². The molecule has 0 amide bonds. The molecule has 6 fully saturated rings. The molecule has 0 saturated heterocycles. The van der Waals surface area contributed by atoms with Crippen molar-refractivity contribution in [1.29, 1.82) is 0 Å². The summed E-state index contributed by atoms with van der Waals surface area (Å²) in [5.74, 6) is 9.76. The lowest BCUT2D eigenvalue weighted by molar-refractivity contribution is -0.0646. The predicted octanol–water partition coefficient (Wildman–Crippen LogP) is 17.4. The van der Waals surface area contributed by atoms with E-state index in [0.29, 0.717) is 10.8 Å². The van der Waals surface area contributed by atoms with Gasteiger partial charge in [-0.25, -0.2) is 9.59 Å². The lowest BCUT2D eigenvalue weighted by Crippen LogP contribution is -2.51. The van der Waals surface area contributed by atoms with E-state index in [-0.39, 0.29) is 51.1 Å². The first-order valence-electron chi connectivity index (χ1n) is 27.5. The Kier molecular flexibility index (Phi) is 17.4. The number of hydrogen-bond acceptors (Lipinski definition) is 6. The molecular formula is C60H102O6. The summed E-state index contributed by atoms with van der Waals surface area (Å²) in [5.41, 5.74) is 4.42. The van der Waals surface area contributed by atoms with Crippen LogP contribution in [0.5, 0.6) is 0 Å². The van der Waals surface area contributed by atoms with Crippen molar-refractivity contribution in [3.8, 4) is 0 Å². The number of rotatable bonds is 15. The lowest BCUT2D eigenvalue weighted by atomic mass is 9.47. The van der Waals surface area contributed by atoms with Crippen molar-refractivity contribution in [1.82, 2.24) is 0 Å². The Hall–Kier alpha value is -1.98. The Morgan fingerprint density at radius 2 is 0.924 bits per heavy atom. The SMILES string of the molecule is C.C.CC(C)CCCC(C)C1CCC2C3CC=C4CC(OC(=O)OCCOC(=O)OC5CCC6(C)C(=CCC7C6CCC6(C)C(C(C)CCCC(C)C)CCC76)C5)CCC4(C)C3CCC12C. The van der Waals surface area contributed by atoms with E-state index in [1.54, 1.807) is 0 Å². The monoisotopic (exact) mass is 919 g/mol. The Morgan fingerprint density at radius 3 is 1.30 bits per heavy atom. The molecule has 0 aromatic rings. The standard InChI is InChI=1S/C58H94O6.2CH4/c1-37(2)13-11-15-39(5)47-21-23-49-45-19-17-41-35-43(25-29-55(41,7)51(45)27-31-57(47,49)9)63-53(59)61-33-34-62-54(60)64-44-26-30-56(8)42(36-44)18-20-46-50-24-22-48(40(6)16-12-14-38(3)4)58(50,10)32-28-52(46)56;;/h17-18,37-40,43-52H,11-16,19-36H2,1-10H3;2*1H4. The second kappa shape index (κ2) is 21.6. The van der Waals surface area contributed by atoms with Gasteiger partial charge in [0.05, 0.1) is 0 Å². The van der Waals surface area contributed by atoms with Gasteiger partial charge in [0.25, 0.3) is 0 Å². The number of carbonyl (C=O) groups excluding carboxylic acids is 2. The average Bonchev–Trinajstić information content (AvgIpc) is 3.79. The lowest BCUT2D eigenvalue weighted by Gasteiger charge is -2.58. The fourth-order valence-electron chi connectivity index (χ4n) is 18.1. The molecule has 378 valence electrons. The molecule has 8 aliphatic rings. The van der Waals surface area contributed by atoms with Crippen molar-refractivity contribution in [2.45, 2.75) is 238 Å². The first-order valence-corrected chi connectivity index (χ1v) is 27.5. The zero-order chi connectivity index (χ0) is 45.6. The highest BCUT2D eigenvalue weighted by Crippen LogP contribution is 2.69. The van der Waals surface area contributed by atoms with Crippen LogP contribution >= 0.6 is 0 Å². The summed E-state index contributed by atoms with van der Waals surface area (Å²) in [4.78, 5) is 25.8. The number of fused-ring (bicyclic) bond motifs is 10. The Labute approximate surface area is 406 Å². The van der Waals surface area contributed by atoms with E-state index < -0.39 is 12.3 Å². The molecule has 0 aromatic heterocycles. The number of carbonyl (C=O) groups is 2. The molecule has 0 spiro atoms. The summed E-state index contributed by atoms with van der Waals surface area (Å²) in [6.07, 6.45) is 30.7. The van der Waals surface area contributed by atoms with Crippen molar-refractivity contribution in [2.75, 3.05) is 13.2 Å². The third-order valence-corrected chi connectivity index (χ3v) is 21.6. The van der Waals surface area contributed by atoms with Crippen LogP contribution in [-0.2, 0) is 18.9 Å². The molecule has 0 aliphatic heterocycles. The highest BCUT2D eigenvalue weighted by molar-refractivity contribution is 5.61. The zero-order valence-electron chi connectivity index (χ0n) is 42.7. The smallest absolute Gasteiger partial charge is 0.431 e. The summed E-state index contributed by atoms with van der Waals surface area (Å²) in [6.45, 7) is 24.9. The van der Waals surface area contributed by atoms with Crippen LogP contribution in [0.25, 0.3) is 0 Å². The molecule has 6 heteroatoms. The number of ether oxygens (including phenoxy) is 4. The van der Waals surface area contributed by atoms with Crippen LogP contribution < -0.4 is 0 Å². The van der Waals surface area contributed by atoms with E-state index in [1.165, 1.54) is 114 Å². The van der Waals surface area contributed by atoms with Crippen LogP contribution in [-0.4, -0.2) is 37.7 Å². The highest BCUT2D eigenvalue weighted by Gasteiger charge is 2.61. The Morgan fingerprint density at radius 1 is 0.530 bits per heavy atom. The van der Waals surface area contributed by atoms with Gasteiger partial charge in [-0.05, 0) is 183 Å². The quantitative estimate of drug-likeness (QED) is 0.0926. The molecule has 0 bridgehead atoms. The van der Waals surface area contributed by atoms with E-state index in [0.717, 1.165) is 110 Å². The van der Waals surface area contributed by atoms with Gasteiger partial charge < -0.3 is 18.9 Å². The fraction of sp³-hybridized carbons (Fsp3) is 0.900. The minimum absolute atomic E-state index is 0. The molecular weight excluding hydrogens is 817 g/mol. The maximum absolute atomic E-state index is 12.9. The molecule has 8 aliphatic carbocycles. The fourth-order valence-corrected chi connectivity index (χ4v) is 18.1. The van der Waals surface area contributed by atoms with Gasteiger partial charge in [0.2, 0.25) is 0 Å². The zero-order valence-corrected chi connectivity index (χ0v) is 42.7. The van der Waals surface area contributed by atoms with Crippen LogP contribution in [0.2, 0.25) is 0 Å². The van der Waals surface area contributed by atoms with Gasteiger partial charge in [0.15, 0.2) is 0 Å². The molecule has 66 heavy (non-hydrogen) atoms. The molecule has 0 N–H and O–H groups in total. The molecule has 8 rings (SSSR count). The van der Waals surface area contributed by atoms with Crippen LogP contribution in [0.3, 0.4) is 0 Å². The Bertz CT molecular complexity index is 1570. The molecule has 6 nitrogen and oxygen atoms in total. The highest BCUT2D eigenvalue weighted by atomic mass is 16.8. The molecule has 0 aromatic carbocycles. The summed E-state index contributed by atoms with van der Waals surface area (Å²) >= 11 is 0. The van der Waals surface area contributed by atoms with Crippen molar-refractivity contribution in [3.63, 3.8) is 0 Å². The average molecular weight is 919 g/mol. The normalized spacial score (nSPS) is 40.8. The first kappa shape index (κ1) is 53.4. The first-order chi connectivity index (χ1) is 30.5. The minimum atomic E-state index is -0.658. The maximum atomic E-state index is 12.9. The molecule has 16 atom stereocenters. The third-order valence-electron chi connectivity index (χ3n) is 21.6. The second-order valence-corrected chi connectivity index (χ2v) is 25.7. The summed E-state index contributed by atoms with van der Waals surface area (Å²) in [5, 5.41) is 0.